The molecule has 0 bridgehead atoms. The monoisotopic (exact) mass is 252 g/mol. The van der Waals surface area contributed by atoms with E-state index < -0.39 is 0 Å². The third-order valence-corrected chi connectivity index (χ3v) is 2.44. The minimum absolute atomic E-state index is 0.855. The van der Waals surface area contributed by atoms with Crippen LogP contribution >= 0.6 is 0 Å². The Labute approximate surface area is 109 Å². The van der Waals surface area contributed by atoms with Crippen LogP contribution in [0.15, 0.2) is 12.4 Å². The van der Waals surface area contributed by atoms with Gasteiger partial charge in [0.2, 0.25) is 0 Å². The van der Waals surface area contributed by atoms with E-state index >= 15 is 0 Å². The number of hydrogen-bond acceptors (Lipinski definition) is 6. The largest absolute Gasteiger partial charge is 0.370 e. The van der Waals surface area contributed by atoms with Crippen LogP contribution in [0.3, 0.4) is 0 Å². The summed E-state index contributed by atoms with van der Waals surface area (Å²) in [6, 6.07) is 1.94. The summed E-state index contributed by atoms with van der Waals surface area (Å²) in [5.41, 5.74) is 0. The number of anilines is 2. The van der Waals surface area contributed by atoms with Gasteiger partial charge < -0.3 is 20.9 Å². The van der Waals surface area contributed by atoms with Crippen molar-refractivity contribution in [1.29, 1.82) is 0 Å². The molecular formula is C12H24N6. The summed E-state index contributed by atoms with van der Waals surface area (Å²) in [4.78, 5) is 10.5. The van der Waals surface area contributed by atoms with Crippen molar-refractivity contribution in [2.45, 2.75) is 6.42 Å². The molecule has 1 rings (SSSR count). The van der Waals surface area contributed by atoms with Gasteiger partial charge in [-0.15, -0.1) is 0 Å². The summed E-state index contributed by atoms with van der Waals surface area (Å²) >= 11 is 0. The lowest BCUT2D eigenvalue weighted by molar-refractivity contribution is 0.405. The Kier molecular flexibility index (Phi) is 7.05. The summed E-state index contributed by atoms with van der Waals surface area (Å²) in [5.74, 6) is 1.73. The van der Waals surface area contributed by atoms with Crippen molar-refractivity contribution in [2.75, 3.05) is 58.0 Å². The number of hydrogen-bond donors (Lipinski definition) is 3. The van der Waals surface area contributed by atoms with Gasteiger partial charge in [0.25, 0.3) is 0 Å². The number of aromatic nitrogens is 2. The second-order valence-corrected chi connectivity index (χ2v) is 4.40. The normalized spacial score (nSPS) is 10.7. The van der Waals surface area contributed by atoms with E-state index in [9.17, 15) is 0 Å². The highest BCUT2D eigenvalue weighted by atomic mass is 15.1. The molecule has 6 heteroatoms. The lowest BCUT2D eigenvalue weighted by Gasteiger charge is -2.11. The molecule has 0 aliphatic carbocycles. The average Bonchev–Trinajstić information content (AvgIpc) is 2.35. The van der Waals surface area contributed by atoms with Crippen molar-refractivity contribution in [2.24, 2.45) is 0 Å². The average molecular weight is 252 g/mol. The van der Waals surface area contributed by atoms with Gasteiger partial charge in [-0.3, -0.25) is 0 Å². The number of likely N-dealkylation sites (N-methyl/N-ethyl adjacent to an activating group) is 1. The second-order valence-electron chi connectivity index (χ2n) is 4.40. The molecule has 0 aliphatic heterocycles. The highest BCUT2D eigenvalue weighted by molar-refractivity contribution is 5.46. The van der Waals surface area contributed by atoms with Gasteiger partial charge >= 0.3 is 0 Å². The highest BCUT2D eigenvalue weighted by Crippen LogP contribution is 2.07. The Bertz CT molecular complexity index is 328. The van der Waals surface area contributed by atoms with Crippen molar-refractivity contribution in [1.82, 2.24) is 20.2 Å². The minimum atomic E-state index is 0.855. The van der Waals surface area contributed by atoms with Gasteiger partial charge in [-0.05, 0) is 34.1 Å². The van der Waals surface area contributed by atoms with Gasteiger partial charge in [-0.2, -0.15) is 0 Å². The first-order chi connectivity index (χ1) is 8.72. The molecule has 0 radical (unpaired) electrons. The zero-order valence-corrected chi connectivity index (χ0v) is 11.5. The Morgan fingerprint density at radius 2 is 1.72 bits per heavy atom. The number of nitrogens with zero attached hydrogens (tertiary/aromatic N) is 3. The molecular weight excluding hydrogens is 228 g/mol. The van der Waals surface area contributed by atoms with Crippen LogP contribution in [0.1, 0.15) is 6.42 Å². The van der Waals surface area contributed by atoms with E-state index in [4.69, 9.17) is 0 Å². The smallest absolute Gasteiger partial charge is 0.131 e. The maximum atomic E-state index is 4.19. The van der Waals surface area contributed by atoms with Crippen LogP contribution in [0.5, 0.6) is 0 Å². The van der Waals surface area contributed by atoms with E-state index in [0.29, 0.717) is 0 Å². The third-order valence-electron chi connectivity index (χ3n) is 2.44. The van der Waals surface area contributed by atoms with E-state index in [-0.39, 0.29) is 0 Å². The molecule has 6 nitrogen and oxygen atoms in total. The van der Waals surface area contributed by atoms with Crippen molar-refractivity contribution >= 4 is 11.6 Å². The van der Waals surface area contributed by atoms with Crippen molar-refractivity contribution < 1.29 is 0 Å². The lowest BCUT2D eigenvalue weighted by Crippen LogP contribution is -2.18. The molecule has 18 heavy (non-hydrogen) atoms. The standard InChI is InChI=1S/C12H24N6/c1-13-6-7-15-12-9-11(16-10-17-12)14-5-4-8-18(2)3/h9-10,13H,4-8H2,1-3H3,(H2,14,15,16,17). The Balaban J connectivity index is 2.30. The van der Waals surface area contributed by atoms with Gasteiger partial charge in [-0.1, -0.05) is 0 Å². The maximum absolute atomic E-state index is 4.19. The topological polar surface area (TPSA) is 65.1 Å². The Morgan fingerprint density at radius 3 is 2.33 bits per heavy atom. The fourth-order valence-corrected chi connectivity index (χ4v) is 1.48. The van der Waals surface area contributed by atoms with Gasteiger partial charge in [0, 0.05) is 25.7 Å². The first kappa shape index (κ1) is 14.7. The van der Waals surface area contributed by atoms with E-state index in [1.54, 1.807) is 6.33 Å². The molecule has 0 fully saturated rings. The van der Waals surface area contributed by atoms with Crippen LogP contribution in [-0.2, 0) is 0 Å². The van der Waals surface area contributed by atoms with E-state index in [0.717, 1.165) is 44.2 Å². The molecule has 1 heterocycles. The van der Waals surface area contributed by atoms with E-state index in [2.05, 4.69) is 44.9 Å². The molecule has 0 saturated heterocycles. The van der Waals surface area contributed by atoms with Crippen LogP contribution in [0, 0.1) is 0 Å². The van der Waals surface area contributed by atoms with Crippen LogP contribution in [0.25, 0.3) is 0 Å². The zero-order valence-electron chi connectivity index (χ0n) is 11.5. The van der Waals surface area contributed by atoms with Crippen LogP contribution in [0.2, 0.25) is 0 Å². The summed E-state index contributed by atoms with van der Waals surface area (Å²) in [6.45, 7) is 3.76. The van der Waals surface area contributed by atoms with Crippen LogP contribution < -0.4 is 16.0 Å². The van der Waals surface area contributed by atoms with E-state index in [1.807, 2.05) is 13.1 Å². The lowest BCUT2D eigenvalue weighted by atomic mass is 10.4. The molecule has 0 saturated carbocycles. The predicted octanol–water partition coefficient (Wildman–Crippen LogP) is 0.472. The predicted molar refractivity (Wildman–Crippen MR) is 76.1 cm³/mol. The quantitative estimate of drug-likeness (QED) is 0.555. The molecule has 102 valence electrons. The summed E-state index contributed by atoms with van der Waals surface area (Å²) in [7, 11) is 6.09. The second kappa shape index (κ2) is 8.66. The molecule has 3 N–H and O–H groups in total. The molecule has 0 aromatic carbocycles. The van der Waals surface area contributed by atoms with Crippen molar-refractivity contribution in [3.8, 4) is 0 Å². The van der Waals surface area contributed by atoms with Crippen LogP contribution in [0.4, 0.5) is 11.6 Å². The molecule has 1 aromatic heterocycles. The highest BCUT2D eigenvalue weighted by Gasteiger charge is 1.98. The molecule has 0 aliphatic rings. The van der Waals surface area contributed by atoms with Gasteiger partial charge in [0.1, 0.15) is 18.0 Å². The molecule has 0 atom stereocenters. The molecule has 0 amide bonds. The summed E-state index contributed by atoms with van der Waals surface area (Å²) in [6.07, 6.45) is 2.68. The molecule has 0 unspecified atom stereocenters. The molecule has 1 aromatic rings. The van der Waals surface area contributed by atoms with Gasteiger partial charge in [0.15, 0.2) is 0 Å². The Morgan fingerprint density at radius 1 is 1.06 bits per heavy atom. The third kappa shape index (κ3) is 6.36. The number of rotatable bonds is 9. The Hall–Kier alpha value is -1.40. The number of nitrogens with one attached hydrogen (secondary N) is 3. The van der Waals surface area contributed by atoms with Crippen LogP contribution in [-0.4, -0.2) is 62.2 Å². The van der Waals surface area contributed by atoms with Crippen molar-refractivity contribution in [3.63, 3.8) is 0 Å². The van der Waals surface area contributed by atoms with Gasteiger partial charge in [-0.25, -0.2) is 9.97 Å². The summed E-state index contributed by atoms with van der Waals surface area (Å²) in [5, 5.41) is 9.61. The first-order valence-electron chi connectivity index (χ1n) is 6.31. The van der Waals surface area contributed by atoms with E-state index in [1.165, 1.54) is 0 Å². The maximum Gasteiger partial charge on any atom is 0.131 e. The zero-order chi connectivity index (χ0) is 13.2. The first-order valence-corrected chi connectivity index (χ1v) is 6.31. The molecule has 0 spiro atoms. The SMILES string of the molecule is CNCCNc1cc(NCCCN(C)C)ncn1. The fourth-order valence-electron chi connectivity index (χ4n) is 1.48. The van der Waals surface area contributed by atoms with Gasteiger partial charge in [0.05, 0.1) is 0 Å². The summed E-state index contributed by atoms with van der Waals surface area (Å²) < 4.78 is 0. The minimum Gasteiger partial charge on any atom is -0.370 e. The fraction of sp³-hybridized carbons (Fsp3) is 0.667. The van der Waals surface area contributed by atoms with Crippen molar-refractivity contribution in [3.05, 3.63) is 12.4 Å².